The van der Waals surface area contributed by atoms with E-state index in [1.54, 1.807) is 7.11 Å². The van der Waals surface area contributed by atoms with Crippen molar-refractivity contribution in [1.29, 1.82) is 0 Å². The lowest BCUT2D eigenvalue weighted by atomic mass is 10.1. The van der Waals surface area contributed by atoms with Gasteiger partial charge < -0.3 is 19.5 Å². The lowest BCUT2D eigenvalue weighted by Gasteiger charge is -2.21. The summed E-state index contributed by atoms with van der Waals surface area (Å²) >= 11 is 0. The number of ether oxygens (including phenoxy) is 3. The average molecular weight is 371 g/mol. The summed E-state index contributed by atoms with van der Waals surface area (Å²) in [5.74, 6) is 2.08. The Kier molecular flexibility index (Phi) is 7.99. The lowest BCUT2D eigenvalue weighted by molar-refractivity contribution is -0.128. The first kappa shape index (κ1) is 20.6. The number of carbonyl (C=O) groups excluding carboxylic acids is 1. The summed E-state index contributed by atoms with van der Waals surface area (Å²) in [6, 6.07) is 15.1. The molecule has 0 aromatic heterocycles. The van der Waals surface area contributed by atoms with E-state index in [1.165, 1.54) is 5.56 Å². The quantitative estimate of drug-likeness (QED) is 0.686. The number of hydrogen-bond donors (Lipinski definition) is 1. The Labute approximate surface area is 161 Å². The van der Waals surface area contributed by atoms with Crippen molar-refractivity contribution >= 4 is 5.91 Å². The topological polar surface area (TPSA) is 56.8 Å². The molecular weight excluding hydrogens is 342 g/mol. The Hall–Kier alpha value is -2.69. The number of aryl methyl sites for hydroxylation is 1. The van der Waals surface area contributed by atoms with Gasteiger partial charge in [0.25, 0.3) is 5.91 Å². The number of amides is 1. The molecule has 0 aliphatic heterocycles. The molecular formula is C22H29NO4. The number of nitrogens with one attached hydrogen (secondary N) is 1. The maximum absolute atomic E-state index is 12.5. The Morgan fingerprint density at radius 2 is 1.56 bits per heavy atom. The molecule has 0 bridgehead atoms. The molecule has 5 heteroatoms. The van der Waals surface area contributed by atoms with Crippen LogP contribution in [-0.4, -0.2) is 31.8 Å². The molecule has 27 heavy (non-hydrogen) atoms. The number of methoxy groups -OCH3 is 1. The van der Waals surface area contributed by atoms with E-state index in [-0.39, 0.29) is 11.9 Å². The van der Waals surface area contributed by atoms with E-state index < -0.39 is 6.10 Å². The zero-order chi connectivity index (χ0) is 19.6. The predicted molar refractivity (Wildman–Crippen MR) is 107 cm³/mol. The highest BCUT2D eigenvalue weighted by atomic mass is 16.5. The van der Waals surface area contributed by atoms with Gasteiger partial charge in [-0.15, -0.1) is 0 Å². The summed E-state index contributed by atoms with van der Waals surface area (Å²) in [6.07, 6.45) is 1.04. The second-order valence-corrected chi connectivity index (χ2v) is 6.41. The SMILES string of the molecule is CCc1ccc(O[C@@H](CC)C(=O)N[C@@H](C)COc2ccc(OC)cc2)cc1. The molecule has 0 saturated carbocycles. The Bertz CT molecular complexity index is 697. The van der Waals surface area contributed by atoms with E-state index in [9.17, 15) is 4.79 Å². The van der Waals surface area contributed by atoms with Crippen molar-refractivity contribution in [3.05, 3.63) is 54.1 Å². The van der Waals surface area contributed by atoms with Crippen molar-refractivity contribution in [1.82, 2.24) is 5.32 Å². The van der Waals surface area contributed by atoms with Crippen molar-refractivity contribution in [2.75, 3.05) is 13.7 Å². The van der Waals surface area contributed by atoms with E-state index in [0.717, 1.165) is 17.9 Å². The standard InChI is InChI=1S/C22H29NO4/c1-5-17-7-9-20(10-8-17)27-21(6-2)22(24)23-16(3)15-26-19-13-11-18(25-4)12-14-19/h7-14,16,21H,5-6,15H2,1-4H3,(H,23,24)/t16-,21-/m0/s1. The molecule has 0 spiro atoms. The van der Waals surface area contributed by atoms with Crippen LogP contribution in [0.15, 0.2) is 48.5 Å². The van der Waals surface area contributed by atoms with E-state index in [2.05, 4.69) is 12.2 Å². The maximum Gasteiger partial charge on any atom is 0.261 e. The molecule has 0 heterocycles. The minimum atomic E-state index is -0.527. The van der Waals surface area contributed by atoms with Crippen LogP contribution < -0.4 is 19.5 Å². The van der Waals surface area contributed by atoms with Crippen LogP contribution >= 0.6 is 0 Å². The van der Waals surface area contributed by atoms with Crippen LogP contribution in [0.5, 0.6) is 17.2 Å². The molecule has 146 valence electrons. The highest BCUT2D eigenvalue weighted by Crippen LogP contribution is 2.17. The van der Waals surface area contributed by atoms with E-state index in [4.69, 9.17) is 14.2 Å². The smallest absolute Gasteiger partial charge is 0.261 e. The molecule has 1 N–H and O–H groups in total. The zero-order valence-electron chi connectivity index (χ0n) is 16.5. The summed E-state index contributed by atoms with van der Waals surface area (Å²) < 4.78 is 16.7. The minimum absolute atomic E-state index is 0.136. The van der Waals surface area contributed by atoms with Crippen molar-refractivity contribution < 1.29 is 19.0 Å². The van der Waals surface area contributed by atoms with Crippen molar-refractivity contribution in [3.63, 3.8) is 0 Å². The van der Waals surface area contributed by atoms with Crippen LogP contribution in [0, 0.1) is 0 Å². The summed E-state index contributed by atoms with van der Waals surface area (Å²) in [7, 11) is 1.62. The number of hydrogen-bond acceptors (Lipinski definition) is 4. The van der Waals surface area contributed by atoms with E-state index in [0.29, 0.717) is 18.8 Å². The van der Waals surface area contributed by atoms with Gasteiger partial charge in [-0.25, -0.2) is 0 Å². The van der Waals surface area contributed by atoms with Crippen LogP contribution in [0.4, 0.5) is 0 Å². The molecule has 0 aliphatic rings. The summed E-state index contributed by atoms with van der Waals surface area (Å²) in [4.78, 5) is 12.5. The third-order valence-electron chi connectivity index (χ3n) is 4.22. The first-order valence-electron chi connectivity index (χ1n) is 9.38. The fourth-order valence-electron chi connectivity index (χ4n) is 2.56. The van der Waals surface area contributed by atoms with Crippen LogP contribution in [-0.2, 0) is 11.2 Å². The fourth-order valence-corrected chi connectivity index (χ4v) is 2.56. The Morgan fingerprint density at radius 1 is 0.963 bits per heavy atom. The van der Waals surface area contributed by atoms with E-state index >= 15 is 0 Å². The maximum atomic E-state index is 12.5. The molecule has 0 fully saturated rings. The first-order chi connectivity index (χ1) is 13.0. The molecule has 1 amide bonds. The normalized spacial score (nSPS) is 12.7. The molecule has 0 aliphatic carbocycles. The van der Waals surface area contributed by atoms with Crippen LogP contribution in [0.2, 0.25) is 0 Å². The number of rotatable bonds is 10. The van der Waals surface area contributed by atoms with Crippen LogP contribution in [0.1, 0.15) is 32.8 Å². The molecule has 5 nitrogen and oxygen atoms in total. The van der Waals surface area contributed by atoms with Gasteiger partial charge in [0.15, 0.2) is 6.10 Å². The monoisotopic (exact) mass is 371 g/mol. The van der Waals surface area contributed by atoms with E-state index in [1.807, 2.05) is 62.4 Å². The van der Waals surface area contributed by atoms with Gasteiger partial charge in [0.05, 0.1) is 13.2 Å². The van der Waals surface area contributed by atoms with Gasteiger partial charge in [0, 0.05) is 0 Å². The van der Waals surface area contributed by atoms with Gasteiger partial charge in [-0.3, -0.25) is 4.79 Å². The van der Waals surface area contributed by atoms with Gasteiger partial charge >= 0.3 is 0 Å². The van der Waals surface area contributed by atoms with Gasteiger partial charge in [0.2, 0.25) is 0 Å². The molecule has 2 aromatic rings. The molecule has 2 aromatic carbocycles. The molecule has 0 unspecified atom stereocenters. The third-order valence-corrected chi connectivity index (χ3v) is 4.22. The number of carbonyl (C=O) groups is 1. The Balaban J connectivity index is 1.82. The largest absolute Gasteiger partial charge is 0.497 e. The predicted octanol–water partition coefficient (Wildman–Crippen LogP) is 4.00. The number of benzene rings is 2. The average Bonchev–Trinajstić information content (AvgIpc) is 2.71. The fraction of sp³-hybridized carbons (Fsp3) is 0.409. The summed E-state index contributed by atoms with van der Waals surface area (Å²) in [5, 5.41) is 2.95. The molecule has 0 radical (unpaired) electrons. The minimum Gasteiger partial charge on any atom is -0.497 e. The summed E-state index contributed by atoms with van der Waals surface area (Å²) in [6.45, 7) is 6.32. The second-order valence-electron chi connectivity index (χ2n) is 6.41. The highest BCUT2D eigenvalue weighted by Gasteiger charge is 2.20. The van der Waals surface area contributed by atoms with Crippen molar-refractivity contribution in [2.24, 2.45) is 0 Å². The molecule has 2 atom stereocenters. The third kappa shape index (κ3) is 6.51. The first-order valence-corrected chi connectivity index (χ1v) is 9.38. The second kappa shape index (κ2) is 10.5. The van der Waals surface area contributed by atoms with Gasteiger partial charge in [-0.05, 0) is 61.7 Å². The van der Waals surface area contributed by atoms with Gasteiger partial charge in [0.1, 0.15) is 23.9 Å². The molecule has 2 rings (SSSR count). The van der Waals surface area contributed by atoms with Crippen LogP contribution in [0.25, 0.3) is 0 Å². The zero-order valence-corrected chi connectivity index (χ0v) is 16.5. The molecule has 0 saturated heterocycles. The lowest BCUT2D eigenvalue weighted by Crippen LogP contribution is -2.44. The highest BCUT2D eigenvalue weighted by molar-refractivity contribution is 5.81. The van der Waals surface area contributed by atoms with Crippen LogP contribution in [0.3, 0.4) is 0 Å². The van der Waals surface area contributed by atoms with Gasteiger partial charge in [-0.2, -0.15) is 0 Å². The summed E-state index contributed by atoms with van der Waals surface area (Å²) in [5.41, 5.74) is 1.24. The van der Waals surface area contributed by atoms with Gasteiger partial charge in [-0.1, -0.05) is 26.0 Å². The van der Waals surface area contributed by atoms with Crippen molar-refractivity contribution in [3.8, 4) is 17.2 Å². The Morgan fingerprint density at radius 3 is 2.11 bits per heavy atom. The van der Waals surface area contributed by atoms with Crippen molar-refractivity contribution in [2.45, 2.75) is 45.8 Å².